The molecule has 2 aliphatic heterocycles. The van der Waals surface area contributed by atoms with Gasteiger partial charge in [0.15, 0.2) is 5.84 Å². The van der Waals surface area contributed by atoms with Crippen molar-refractivity contribution in [3.8, 4) is 0 Å². The van der Waals surface area contributed by atoms with Crippen LogP contribution < -0.4 is 5.32 Å². The van der Waals surface area contributed by atoms with Crippen molar-refractivity contribution >= 4 is 11.7 Å². The van der Waals surface area contributed by atoms with Gasteiger partial charge < -0.3 is 10.2 Å². The van der Waals surface area contributed by atoms with Gasteiger partial charge in [-0.25, -0.2) is 5.06 Å². The molecule has 0 aliphatic carbocycles. The predicted molar refractivity (Wildman–Crippen MR) is 60.0 cm³/mol. The first kappa shape index (κ1) is 11.3. The Morgan fingerprint density at radius 3 is 3.06 bits per heavy atom. The number of fused-ring (bicyclic) bond motifs is 1. The maximum atomic E-state index is 12.0. The lowest BCUT2D eigenvalue weighted by Gasteiger charge is -2.26. The summed E-state index contributed by atoms with van der Waals surface area (Å²) in [7, 11) is 3.08. The molecule has 1 N–H and O–H groups in total. The van der Waals surface area contributed by atoms with E-state index in [2.05, 4.69) is 15.2 Å². The van der Waals surface area contributed by atoms with E-state index in [1.807, 2.05) is 6.92 Å². The highest BCUT2D eigenvalue weighted by molar-refractivity contribution is 6.37. The number of aliphatic imine (C=N–C) groups is 1. The maximum absolute atomic E-state index is 12.0. The molecule has 0 aromatic heterocycles. The fourth-order valence-electron chi connectivity index (χ4n) is 2.28. The smallest absolute Gasteiger partial charge is 0.312 e. The minimum atomic E-state index is -0.168. The van der Waals surface area contributed by atoms with Crippen molar-refractivity contribution in [2.45, 2.75) is 19.0 Å². The number of carbonyl (C=O) groups is 1. The van der Waals surface area contributed by atoms with Crippen LogP contribution in [0.5, 0.6) is 0 Å². The molecule has 0 aromatic rings. The second kappa shape index (κ2) is 4.39. The van der Waals surface area contributed by atoms with Crippen LogP contribution in [0.2, 0.25) is 0 Å². The molecule has 2 atom stereocenters. The third-order valence-corrected chi connectivity index (χ3v) is 3.20. The predicted octanol–water partition coefficient (Wildman–Crippen LogP) is -0.919. The molecule has 1 saturated heterocycles. The molecule has 0 saturated carbocycles. The molecule has 90 valence electrons. The zero-order valence-electron chi connectivity index (χ0n) is 9.93. The molecule has 6 heteroatoms. The van der Waals surface area contributed by atoms with E-state index in [4.69, 9.17) is 4.84 Å². The summed E-state index contributed by atoms with van der Waals surface area (Å²) in [5.41, 5.74) is 0. The molecule has 1 fully saturated rings. The van der Waals surface area contributed by atoms with Gasteiger partial charge in [-0.3, -0.25) is 14.6 Å². The van der Waals surface area contributed by atoms with Gasteiger partial charge in [-0.15, -0.1) is 0 Å². The van der Waals surface area contributed by atoms with E-state index in [9.17, 15) is 4.79 Å². The number of rotatable bonds is 3. The largest absolute Gasteiger partial charge is 0.346 e. The molecular weight excluding hydrogens is 208 g/mol. The van der Waals surface area contributed by atoms with E-state index in [-0.39, 0.29) is 11.9 Å². The van der Waals surface area contributed by atoms with Crippen LogP contribution in [-0.2, 0) is 9.63 Å². The van der Waals surface area contributed by atoms with Crippen LogP contribution in [0.15, 0.2) is 4.99 Å². The van der Waals surface area contributed by atoms with Crippen molar-refractivity contribution < 1.29 is 9.63 Å². The average molecular weight is 226 g/mol. The maximum Gasteiger partial charge on any atom is 0.312 e. The van der Waals surface area contributed by atoms with Gasteiger partial charge >= 0.3 is 5.91 Å². The number of nitrogens with zero attached hydrogens (tertiary/aromatic N) is 3. The lowest BCUT2D eigenvalue weighted by atomic mass is 10.2. The van der Waals surface area contributed by atoms with Crippen molar-refractivity contribution in [1.29, 1.82) is 0 Å². The molecule has 0 aromatic carbocycles. The van der Waals surface area contributed by atoms with Crippen LogP contribution in [0, 0.1) is 0 Å². The van der Waals surface area contributed by atoms with Gasteiger partial charge in [0, 0.05) is 26.7 Å². The van der Waals surface area contributed by atoms with Crippen LogP contribution in [0.4, 0.5) is 0 Å². The summed E-state index contributed by atoms with van der Waals surface area (Å²) in [6.45, 7) is 4.59. The van der Waals surface area contributed by atoms with Crippen molar-refractivity contribution in [3.05, 3.63) is 0 Å². The molecular formula is C10H18N4O2. The van der Waals surface area contributed by atoms with Crippen molar-refractivity contribution in [2.24, 2.45) is 4.99 Å². The van der Waals surface area contributed by atoms with Gasteiger partial charge in [0.1, 0.15) is 0 Å². The van der Waals surface area contributed by atoms with Crippen LogP contribution in [-0.4, -0.2) is 67.6 Å². The van der Waals surface area contributed by atoms with E-state index in [1.54, 1.807) is 7.05 Å². The number of likely N-dealkylation sites (N-methyl/N-ethyl adjacent to an activating group) is 2. The van der Waals surface area contributed by atoms with Crippen molar-refractivity contribution in [3.63, 3.8) is 0 Å². The van der Waals surface area contributed by atoms with Gasteiger partial charge in [0.2, 0.25) is 0 Å². The third kappa shape index (κ3) is 1.68. The average Bonchev–Trinajstić information content (AvgIpc) is 2.86. The first-order chi connectivity index (χ1) is 7.69. The molecule has 2 unspecified atom stereocenters. The van der Waals surface area contributed by atoms with E-state index in [0.717, 1.165) is 19.6 Å². The minimum Gasteiger partial charge on any atom is -0.346 e. The second-order valence-corrected chi connectivity index (χ2v) is 4.02. The summed E-state index contributed by atoms with van der Waals surface area (Å²) in [5, 5.41) is 4.50. The summed E-state index contributed by atoms with van der Waals surface area (Å²) < 4.78 is 0. The van der Waals surface area contributed by atoms with E-state index in [1.165, 1.54) is 12.2 Å². The number of hydrogen-bond donors (Lipinski definition) is 1. The first-order valence-electron chi connectivity index (χ1n) is 5.56. The number of carbonyl (C=O) groups excluding carboxylic acids is 1. The highest BCUT2D eigenvalue weighted by atomic mass is 16.7. The molecule has 6 nitrogen and oxygen atoms in total. The quantitative estimate of drug-likeness (QED) is 0.632. The van der Waals surface area contributed by atoms with E-state index >= 15 is 0 Å². The Morgan fingerprint density at radius 2 is 2.44 bits per heavy atom. The Morgan fingerprint density at radius 1 is 1.69 bits per heavy atom. The highest BCUT2D eigenvalue weighted by Gasteiger charge is 2.41. The fraction of sp³-hybridized carbons (Fsp3) is 0.800. The monoisotopic (exact) mass is 226 g/mol. The first-order valence-corrected chi connectivity index (χ1v) is 5.56. The zero-order chi connectivity index (χ0) is 11.7. The Kier molecular flexibility index (Phi) is 3.11. The SMILES string of the molecule is CCN1C(C(=O)N(C)OC)=NC2CNCC21. The summed E-state index contributed by atoms with van der Waals surface area (Å²) in [6.07, 6.45) is 0. The van der Waals surface area contributed by atoms with Gasteiger partial charge in [-0.1, -0.05) is 0 Å². The Bertz CT molecular complexity index is 318. The number of hydrogen-bond acceptors (Lipinski definition) is 5. The van der Waals surface area contributed by atoms with Crippen molar-refractivity contribution in [2.75, 3.05) is 33.8 Å². The summed E-state index contributed by atoms with van der Waals surface area (Å²) in [5.74, 6) is 0.363. The molecule has 2 rings (SSSR count). The number of amides is 1. The Balaban J connectivity index is 2.17. The van der Waals surface area contributed by atoms with Gasteiger partial charge in [0.25, 0.3) is 0 Å². The normalized spacial score (nSPS) is 27.9. The topological polar surface area (TPSA) is 57.2 Å². The van der Waals surface area contributed by atoms with Crippen LogP contribution in [0.25, 0.3) is 0 Å². The summed E-state index contributed by atoms with van der Waals surface area (Å²) in [6, 6.07) is 0.540. The Hall–Kier alpha value is -1.14. The van der Waals surface area contributed by atoms with E-state index in [0.29, 0.717) is 11.9 Å². The standard InChI is InChI=1S/C10H18N4O2/c1-4-14-8-6-11-5-7(8)12-9(14)10(15)13(2)16-3/h7-8,11H,4-6H2,1-3H3. The lowest BCUT2D eigenvalue weighted by Crippen LogP contribution is -2.46. The second-order valence-electron chi connectivity index (χ2n) is 4.02. The highest BCUT2D eigenvalue weighted by Crippen LogP contribution is 2.21. The van der Waals surface area contributed by atoms with Gasteiger partial charge in [-0.05, 0) is 6.92 Å². The number of hydroxylamine groups is 2. The lowest BCUT2D eigenvalue weighted by molar-refractivity contribution is -0.161. The van der Waals surface area contributed by atoms with Crippen LogP contribution in [0.1, 0.15) is 6.92 Å². The molecule has 0 spiro atoms. The summed E-state index contributed by atoms with van der Waals surface area (Å²) >= 11 is 0. The number of nitrogens with one attached hydrogen (secondary N) is 1. The molecule has 16 heavy (non-hydrogen) atoms. The zero-order valence-corrected chi connectivity index (χ0v) is 9.93. The van der Waals surface area contributed by atoms with Crippen LogP contribution in [0.3, 0.4) is 0 Å². The molecule has 0 radical (unpaired) electrons. The van der Waals surface area contributed by atoms with E-state index < -0.39 is 0 Å². The van der Waals surface area contributed by atoms with Gasteiger partial charge in [-0.2, -0.15) is 0 Å². The molecule has 2 heterocycles. The van der Waals surface area contributed by atoms with Crippen LogP contribution >= 0.6 is 0 Å². The molecule has 0 bridgehead atoms. The summed E-state index contributed by atoms with van der Waals surface area (Å²) in [4.78, 5) is 23.4. The Labute approximate surface area is 95.2 Å². The third-order valence-electron chi connectivity index (χ3n) is 3.20. The molecule has 1 amide bonds. The molecule has 2 aliphatic rings. The fourth-order valence-corrected chi connectivity index (χ4v) is 2.28. The van der Waals surface area contributed by atoms with Crippen molar-refractivity contribution in [1.82, 2.24) is 15.3 Å². The van der Waals surface area contributed by atoms with Gasteiger partial charge in [0.05, 0.1) is 19.2 Å². The minimum absolute atomic E-state index is 0.168. The number of amidine groups is 1.